The third kappa shape index (κ3) is 1.06. The van der Waals surface area contributed by atoms with E-state index in [0.29, 0.717) is 0 Å². The van der Waals surface area contributed by atoms with Crippen molar-refractivity contribution < 1.29 is 29.2 Å². The second kappa shape index (κ2) is 3.13. The molecule has 2 saturated heterocycles. The molecule has 3 fully saturated rings. The smallest absolute Gasteiger partial charge is 0.148 e. The monoisotopic (exact) mass is 204 g/mol. The maximum absolute atomic E-state index is 9.85. The Morgan fingerprint density at radius 3 is 1.21 bits per heavy atom. The molecule has 80 valence electrons. The first-order valence-corrected chi connectivity index (χ1v) is 4.61. The van der Waals surface area contributed by atoms with Gasteiger partial charge in [-0.2, -0.15) is 0 Å². The Labute approximate surface area is 80.3 Å². The van der Waals surface area contributed by atoms with Crippen LogP contribution in [0, 0.1) is 0 Å². The Bertz CT molecular complexity index is 190. The normalized spacial score (nSPS) is 57.0. The lowest BCUT2D eigenvalue weighted by atomic mass is 9.85. The number of ether oxygens (including phenoxy) is 4. The van der Waals surface area contributed by atoms with Gasteiger partial charge in [-0.3, -0.25) is 0 Å². The molecular formula is C8H12O6. The second-order valence-electron chi connectivity index (χ2n) is 3.74. The van der Waals surface area contributed by atoms with E-state index in [1.165, 1.54) is 0 Å². The van der Waals surface area contributed by atoms with Crippen molar-refractivity contribution in [3.63, 3.8) is 0 Å². The first kappa shape index (κ1) is 9.02. The molecule has 0 amide bonds. The van der Waals surface area contributed by atoms with Gasteiger partial charge in [0, 0.05) is 0 Å². The van der Waals surface area contributed by atoms with Gasteiger partial charge in [0.25, 0.3) is 0 Å². The lowest BCUT2D eigenvalue weighted by Crippen LogP contribution is -2.61. The molecule has 0 aromatic heterocycles. The van der Waals surface area contributed by atoms with E-state index < -0.39 is 36.6 Å². The number of aliphatic hydroxyl groups is 2. The molecule has 1 aliphatic carbocycles. The third-order valence-corrected chi connectivity index (χ3v) is 3.04. The highest BCUT2D eigenvalue weighted by molar-refractivity contribution is 5.04. The fraction of sp³-hybridized carbons (Fsp3) is 1.00. The van der Waals surface area contributed by atoms with Crippen LogP contribution in [0.25, 0.3) is 0 Å². The molecule has 6 heteroatoms. The van der Waals surface area contributed by atoms with E-state index in [1.807, 2.05) is 0 Å². The average molecular weight is 204 g/mol. The van der Waals surface area contributed by atoms with Crippen molar-refractivity contribution in [1.29, 1.82) is 0 Å². The first-order chi connectivity index (χ1) is 6.79. The minimum absolute atomic E-state index is 0.100. The fourth-order valence-corrected chi connectivity index (χ4v) is 2.32. The highest BCUT2D eigenvalue weighted by atomic mass is 16.7. The summed E-state index contributed by atoms with van der Waals surface area (Å²) in [5.74, 6) is 0. The van der Waals surface area contributed by atoms with Crippen molar-refractivity contribution in [3.8, 4) is 0 Å². The van der Waals surface area contributed by atoms with Crippen LogP contribution in [0.15, 0.2) is 0 Å². The minimum Gasteiger partial charge on any atom is -0.387 e. The molecule has 0 aromatic carbocycles. The topological polar surface area (TPSA) is 77.4 Å². The van der Waals surface area contributed by atoms with E-state index in [2.05, 4.69) is 0 Å². The van der Waals surface area contributed by atoms with E-state index in [1.54, 1.807) is 0 Å². The zero-order valence-corrected chi connectivity index (χ0v) is 7.41. The van der Waals surface area contributed by atoms with Crippen molar-refractivity contribution in [2.45, 2.75) is 36.6 Å². The molecular weight excluding hydrogens is 192 g/mol. The van der Waals surface area contributed by atoms with Crippen molar-refractivity contribution in [1.82, 2.24) is 0 Å². The maximum atomic E-state index is 9.85. The predicted molar refractivity (Wildman–Crippen MR) is 41.2 cm³/mol. The van der Waals surface area contributed by atoms with Gasteiger partial charge < -0.3 is 29.2 Å². The number of fused-ring (bicyclic) bond motifs is 2. The summed E-state index contributed by atoms with van der Waals surface area (Å²) < 4.78 is 20.7. The van der Waals surface area contributed by atoms with Crippen molar-refractivity contribution in [2.24, 2.45) is 0 Å². The van der Waals surface area contributed by atoms with Gasteiger partial charge in [0.05, 0.1) is 0 Å². The van der Waals surface area contributed by atoms with E-state index in [4.69, 9.17) is 18.9 Å². The maximum Gasteiger partial charge on any atom is 0.148 e. The zero-order valence-electron chi connectivity index (χ0n) is 7.41. The standard InChI is InChI=1S/C8H12O6/c9-3-5-6(12-1-11-5)4(10)8-7(3)13-2-14-8/h3-10H,1-2H2/t3?,4?,5-,6-,7-,8+/m1/s1. The zero-order chi connectivity index (χ0) is 9.71. The van der Waals surface area contributed by atoms with Gasteiger partial charge in [0.15, 0.2) is 0 Å². The number of hydrogen-bond acceptors (Lipinski definition) is 6. The molecule has 0 aromatic rings. The molecule has 2 unspecified atom stereocenters. The molecule has 0 bridgehead atoms. The SMILES string of the molecule is OC1[C@H]2OCO[C@@H]2C(O)[C@@H]2OCO[C@H]12. The van der Waals surface area contributed by atoms with Gasteiger partial charge in [0.2, 0.25) is 0 Å². The van der Waals surface area contributed by atoms with E-state index in [9.17, 15) is 10.2 Å². The largest absolute Gasteiger partial charge is 0.387 e. The van der Waals surface area contributed by atoms with Gasteiger partial charge >= 0.3 is 0 Å². The molecule has 1 saturated carbocycles. The average Bonchev–Trinajstić information content (AvgIpc) is 2.82. The van der Waals surface area contributed by atoms with Crippen molar-refractivity contribution in [2.75, 3.05) is 13.6 Å². The van der Waals surface area contributed by atoms with E-state index in [-0.39, 0.29) is 13.6 Å². The summed E-state index contributed by atoms with van der Waals surface area (Å²) in [6.07, 6.45) is -3.61. The predicted octanol–water partition coefficient (Wildman–Crippen LogP) is -1.80. The lowest BCUT2D eigenvalue weighted by molar-refractivity contribution is -0.152. The molecule has 6 nitrogen and oxygen atoms in total. The van der Waals surface area contributed by atoms with Crippen LogP contribution in [0.2, 0.25) is 0 Å². The first-order valence-electron chi connectivity index (χ1n) is 4.61. The van der Waals surface area contributed by atoms with Gasteiger partial charge in [-0.1, -0.05) is 0 Å². The van der Waals surface area contributed by atoms with Gasteiger partial charge in [-0.15, -0.1) is 0 Å². The summed E-state index contributed by atoms with van der Waals surface area (Å²) in [6, 6.07) is 0. The van der Waals surface area contributed by atoms with Crippen LogP contribution in [0.3, 0.4) is 0 Å². The highest BCUT2D eigenvalue weighted by Crippen LogP contribution is 2.35. The molecule has 2 aliphatic heterocycles. The van der Waals surface area contributed by atoms with Crippen molar-refractivity contribution in [3.05, 3.63) is 0 Å². The van der Waals surface area contributed by atoms with Crippen molar-refractivity contribution >= 4 is 0 Å². The molecule has 2 heterocycles. The Morgan fingerprint density at radius 2 is 0.929 bits per heavy atom. The van der Waals surface area contributed by atoms with E-state index in [0.717, 1.165) is 0 Å². The highest BCUT2D eigenvalue weighted by Gasteiger charge is 2.56. The fourth-order valence-electron chi connectivity index (χ4n) is 2.32. The van der Waals surface area contributed by atoms with Gasteiger partial charge in [0.1, 0.15) is 50.2 Å². The van der Waals surface area contributed by atoms with Crippen LogP contribution in [0.5, 0.6) is 0 Å². The van der Waals surface area contributed by atoms with Gasteiger partial charge in [-0.05, 0) is 0 Å². The Kier molecular flexibility index (Phi) is 2.01. The summed E-state index contributed by atoms with van der Waals surface area (Å²) in [4.78, 5) is 0. The number of rotatable bonds is 0. The summed E-state index contributed by atoms with van der Waals surface area (Å²) >= 11 is 0. The molecule has 0 spiro atoms. The van der Waals surface area contributed by atoms with Crippen LogP contribution in [-0.4, -0.2) is 60.4 Å². The van der Waals surface area contributed by atoms with E-state index >= 15 is 0 Å². The number of hydrogen-bond donors (Lipinski definition) is 2. The molecule has 14 heavy (non-hydrogen) atoms. The summed E-state index contributed by atoms with van der Waals surface area (Å²) in [5, 5.41) is 19.7. The molecule has 3 aliphatic rings. The Morgan fingerprint density at radius 1 is 0.643 bits per heavy atom. The van der Waals surface area contributed by atoms with Gasteiger partial charge in [-0.25, -0.2) is 0 Å². The van der Waals surface area contributed by atoms with Crippen LogP contribution in [-0.2, 0) is 18.9 Å². The molecule has 6 atom stereocenters. The Hall–Kier alpha value is -0.240. The summed E-state index contributed by atoms with van der Waals surface area (Å²) in [6.45, 7) is 0.200. The quantitative estimate of drug-likeness (QED) is 0.485. The van der Waals surface area contributed by atoms with Crippen LogP contribution in [0.1, 0.15) is 0 Å². The van der Waals surface area contributed by atoms with Crippen LogP contribution < -0.4 is 0 Å². The number of aliphatic hydroxyl groups excluding tert-OH is 2. The van der Waals surface area contributed by atoms with Crippen LogP contribution >= 0.6 is 0 Å². The van der Waals surface area contributed by atoms with Crippen LogP contribution in [0.4, 0.5) is 0 Å². The Balaban J connectivity index is 1.88. The molecule has 0 radical (unpaired) electrons. The summed E-state index contributed by atoms with van der Waals surface area (Å²) in [5.41, 5.74) is 0. The summed E-state index contributed by atoms with van der Waals surface area (Å²) in [7, 11) is 0. The minimum atomic E-state index is -0.793. The third-order valence-electron chi connectivity index (χ3n) is 3.04. The lowest BCUT2D eigenvalue weighted by Gasteiger charge is -2.38. The molecule has 3 rings (SSSR count). The molecule has 2 N–H and O–H groups in total. The second-order valence-corrected chi connectivity index (χ2v) is 3.74.